The van der Waals surface area contributed by atoms with E-state index in [2.05, 4.69) is 4.98 Å². The van der Waals surface area contributed by atoms with E-state index < -0.39 is 0 Å². The molecule has 0 amide bonds. The number of nitrogen functional groups attached to an aromatic ring is 1. The Morgan fingerprint density at radius 3 is 2.67 bits per heavy atom. The van der Waals surface area contributed by atoms with E-state index in [-0.39, 0.29) is 0 Å². The van der Waals surface area contributed by atoms with E-state index in [4.69, 9.17) is 11.0 Å². The van der Waals surface area contributed by atoms with Gasteiger partial charge in [0.05, 0.1) is 0 Å². The van der Waals surface area contributed by atoms with Crippen molar-refractivity contribution < 1.29 is 0 Å². The molecule has 9 heavy (non-hydrogen) atoms. The highest BCUT2D eigenvalue weighted by molar-refractivity contribution is 14.1. The van der Waals surface area contributed by atoms with Crippen molar-refractivity contribution in [3.8, 4) is 6.07 Å². The zero-order chi connectivity index (χ0) is 6.85. The van der Waals surface area contributed by atoms with Gasteiger partial charge in [0.2, 0.25) is 0 Å². The minimum atomic E-state index is 0.429. The van der Waals surface area contributed by atoms with Crippen molar-refractivity contribution in [2.24, 2.45) is 0 Å². The van der Waals surface area contributed by atoms with Crippen molar-refractivity contribution in [3.05, 3.63) is 8.58 Å². The van der Waals surface area contributed by atoms with Gasteiger partial charge in [-0.2, -0.15) is 5.26 Å². The second kappa shape index (κ2) is 2.49. The minimum Gasteiger partial charge on any atom is -0.375 e. The van der Waals surface area contributed by atoms with Crippen LogP contribution in [0.3, 0.4) is 0 Å². The Balaban J connectivity index is 3.20. The van der Waals surface area contributed by atoms with E-state index in [1.807, 2.05) is 28.7 Å². The molecule has 5 heteroatoms. The van der Waals surface area contributed by atoms with Crippen molar-refractivity contribution >= 4 is 39.1 Å². The third kappa shape index (κ3) is 1.31. The molecule has 0 saturated carbocycles. The second-order valence-corrected chi connectivity index (χ2v) is 4.13. The molecule has 0 radical (unpaired) electrons. The molecule has 0 aliphatic heterocycles. The van der Waals surface area contributed by atoms with E-state index in [1.165, 1.54) is 11.3 Å². The number of aromatic nitrogens is 1. The van der Waals surface area contributed by atoms with E-state index in [9.17, 15) is 0 Å². The van der Waals surface area contributed by atoms with Crippen LogP contribution in [-0.2, 0) is 0 Å². The monoisotopic (exact) mass is 251 g/mol. The molecule has 0 saturated heterocycles. The molecule has 0 spiro atoms. The van der Waals surface area contributed by atoms with Crippen molar-refractivity contribution in [2.75, 3.05) is 5.73 Å². The number of rotatable bonds is 0. The number of nitriles is 1. The van der Waals surface area contributed by atoms with Gasteiger partial charge >= 0.3 is 0 Å². The molecule has 2 N–H and O–H groups in total. The fourth-order valence-electron chi connectivity index (χ4n) is 0.386. The van der Waals surface area contributed by atoms with E-state index in [0.717, 1.165) is 2.88 Å². The highest BCUT2D eigenvalue weighted by Crippen LogP contribution is 2.20. The van der Waals surface area contributed by atoms with Crippen molar-refractivity contribution in [3.63, 3.8) is 0 Å². The van der Waals surface area contributed by atoms with E-state index >= 15 is 0 Å². The lowest BCUT2D eigenvalue weighted by atomic mass is 10.6. The van der Waals surface area contributed by atoms with Gasteiger partial charge in [0.1, 0.15) is 8.95 Å². The van der Waals surface area contributed by atoms with Crippen LogP contribution >= 0.6 is 33.9 Å². The Bertz CT molecular complexity index is 261. The summed E-state index contributed by atoms with van der Waals surface area (Å²) in [6, 6.07) is 1.93. The summed E-state index contributed by atoms with van der Waals surface area (Å²) in [6.45, 7) is 0. The third-order valence-corrected chi connectivity index (χ3v) is 2.55. The summed E-state index contributed by atoms with van der Waals surface area (Å²) in [5.74, 6) is 0. The third-order valence-electron chi connectivity index (χ3n) is 0.708. The zero-order valence-corrected chi connectivity index (χ0v) is 7.23. The largest absolute Gasteiger partial charge is 0.375 e. The van der Waals surface area contributed by atoms with Crippen LogP contribution in [0.2, 0.25) is 0 Å². The fraction of sp³-hybridized carbons (Fsp3) is 0. The summed E-state index contributed by atoms with van der Waals surface area (Å²) in [5.41, 5.74) is 5.74. The van der Waals surface area contributed by atoms with Crippen LogP contribution in [0.5, 0.6) is 0 Å². The zero-order valence-electron chi connectivity index (χ0n) is 4.26. The van der Waals surface area contributed by atoms with Gasteiger partial charge in [-0.15, -0.1) is 0 Å². The number of thiazole rings is 1. The summed E-state index contributed by atoms with van der Waals surface area (Å²) in [4.78, 5) is 3.76. The molecular formula is C4H2IN3S. The first-order valence-corrected chi connectivity index (χ1v) is 3.95. The molecular weight excluding hydrogens is 249 g/mol. The normalized spacial score (nSPS) is 8.89. The topological polar surface area (TPSA) is 62.7 Å². The first-order valence-electron chi connectivity index (χ1n) is 2.06. The summed E-state index contributed by atoms with van der Waals surface area (Å²) in [6.07, 6.45) is 0. The molecule has 3 nitrogen and oxygen atoms in total. The Kier molecular flexibility index (Phi) is 1.87. The van der Waals surface area contributed by atoms with Gasteiger partial charge < -0.3 is 5.73 Å². The van der Waals surface area contributed by atoms with Crippen LogP contribution in [0.15, 0.2) is 0 Å². The number of hydrogen-bond acceptors (Lipinski definition) is 4. The summed E-state index contributed by atoms with van der Waals surface area (Å²) >= 11 is 3.36. The molecule has 0 aliphatic carbocycles. The first kappa shape index (κ1) is 6.77. The molecule has 0 bridgehead atoms. The molecule has 46 valence electrons. The number of nitrogens with two attached hydrogens (primary N) is 1. The first-order chi connectivity index (χ1) is 4.24. The number of anilines is 1. The van der Waals surface area contributed by atoms with Gasteiger partial charge in [-0.05, 0) is 22.6 Å². The molecule has 1 aromatic heterocycles. The molecule has 0 aliphatic rings. The lowest BCUT2D eigenvalue weighted by Gasteiger charge is -1.72. The van der Waals surface area contributed by atoms with E-state index in [1.54, 1.807) is 0 Å². The van der Waals surface area contributed by atoms with Gasteiger partial charge in [0, 0.05) is 0 Å². The Morgan fingerprint density at radius 2 is 2.44 bits per heavy atom. The van der Waals surface area contributed by atoms with Gasteiger partial charge in [-0.25, -0.2) is 4.98 Å². The van der Waals surface area contributed by atoms with Gasteiger partial charge in [-0.3, -0.25) is 0 Å². The second-order valence-electron chi connectivity index (χ2n) is 1.29. The Hall–Kier alpha value is -0.350. The summed E-state index contributed by atoms with van der Waals surface area (Å²) < 4.78 is 0.854. The van der Waals surface area contributed by atoms with Crippen LogP contribution in [0.25, 0.3) is 0 Å². The number of hydrogen-bond donors (Lipinski definition) is 1. The average Bonchev–Trinajstić information content (AvgIpc) is 2.10. The fourth-order valence-corrected chi connectivity index (χ4v) is 1.81. The van der Waals surface area contributed by atoms with Crippen LogP contribution in [0.1, 0.15) is 5.69 Å². The smallest absolute Gasteiger partial charge is 0.182 e. The molecule has 1 aromatic rings. The molecule has 1 heterocycles. The maximum Gasteiger partial charge on any atom is 0.182 e. The van der Waals surface area contributed by atoms with Gasteiger partial charge in [0.15, 0.2) is 10.8 Å². The van der Waals surface area contributed by atoms with Crippen LogP contribution < -0.4 is 5.73 Å². The molecule has 0 fully saturated rings. The maximum absolute atomic E-state index is 8.37. The quantitative estimate of drug-likeness (QED) is 0.704. The van der Waals surface area contributed by atoms with Gasteiger partial charge in [0.25, 0.3) is 0 Å². The van der Waals surface area contributed by atoms with Crippen molar-refractivity contribution in [1.82, 2.24) is 4.98 Å². The molecule has 0 aromatic carbocycles. The maximum atomic E-state index is 8.37. The highest BCUT2D eigenvalue weighted by atomic mass is 127. The molecule has 1 rings (SSSR count). The van der Waals surface area contributed by atoms with Crippen LogP contribution in [0, 0.1) is 14.2 Å². The van der Waals surface area contributed by atoms with Crippen molar-refractivity contribution in [2.45, 2.75) is 0 Å². The predicted octanol–water partition coefficient (Wildman–Crippen LogP) is 1.20. The SMILES string of the molecule is N#Cc1nc(N)sc1I. The van der Waals surface area contributed by atoms with Crippen LogP contribution in [-0.4, -0.2) is 4.98 Å². The Labute approximate surface area is 69.7 Å². The standard InChI is InChI=1S/C4H2IN3S/c5-3-2(1-6)8-4(7)9-3/h(H2,7,8). The van der Waals surface area contributed by atoms with Crippen LogP contribution in [0.4, 0.5) is 5.13 Å². The average molecular weight is 251 g/mol. The van der Waals surface area contributed by atoms with Crippen molar-refractivity contribution in [1.29, 1.82) is 5.26 Å². The van der Waals surface area contributed by atoms with E-state index in [0.29, 0.717) is 10.8 Å². The number of nitrogens with zero attached hydrogens (tertiary/aromatic N) is 2. The number of halogens is 1. The lowest BCUT2D eigenvalue weighted by Crippen LogP contribution is -1.81. The Morgan fingerprint density at radius 1 is 1.78 bits per heavy atom. The highest BCUT2D eigenvalue weighted by Gasteiger charge is 2.03. The van der Waals surface area contributed by atoms with Gasteiger partial charge in [-0.1, -0.05) is 11.3 Å². The summed E-state index contributed by atoms with van der Waals surface area (Å²) in [7, 11) is 0. The minimum absolute atomic E-state index is 0.429. The lowest BCUT2D eigenvalue weighted by molar-refractivity contribution is 1.33. The molecule has 0 unspecified atom stereocenters. The summed E-state index contributed by atoms with van der Waals surface area (Å²) in [5, 5.41) is 8.82. The predicted molar refractivity (Wildman–Crippen MR) is 44.0 cm³/mol. The molecule has 0 atom stereocenters.